The fourth-order valence-corrected chi connectivity index (χ4v) is 3.00. The molecule has 1 unspecified atom stereocenters. The number of rotatable bonds is 2. The number of halogens is 1. The normalized spacial score (nSPS) is 19.4. The minimum absolute atomic E-state index is 0.0101. The van der Waals surface area contributed by atoms with E-state index in [9.17, 15) is 9.59 Å². The van der Waals surface area contributed by atoms with E-state index in [0.29, 0.717) is 24.5 Å². The van der Waals surface area contributed by atoms with Gasteiger partial charge in [0.2, 0.25) is 11.2 Å². The summed E-state index contributed by atoms with van der Waals surface area (Å²) in [6.45, 7) is 3.78. The molecule has 0 aromatic carbocycles. The molecule has 1 saturated heterocycles. The minimum Gasteiger partial charge on any atom is -0.295 e. The molecule has 1 aromatic heterocycles. The van der Waals surface area contributed by atoms with Crippen LogP contribution in [0.25, 0.3) is 0 Å². The molecule has 2 rings (SSSR count). The molecule has 1 aliphatic heterocycles. The van der Waals surface area contributed by atoms with E-state index in [2.05, 4.69) is 9.97 Å². The lowest BCUT2D eigenvalue weighted by atomic mass is 10.4. The maximum Gasteiger partial charge on any atom is 0.229 e. The van der Waals surface area contributed by atoms with Crippen LogP contribution in [0.1, 0.15) is 19.0 Å². The molecule has 1 aliphatic rings. The van der Waals surface area contributed by atoms with Crippen LogP contribution in [-0.4, -0.2) is 32.8 Å². The van der Waals surface area contributed by atoms with Gasteiger partial charge in [-0.15, -0.1) is 0 Å². The number of carbonyl (C=O) groups excluding carboxylic acids is 2. The monoisotopic (exact) mass is 285 g/mol. The second-order valence-electron chi connectivity index (χ2n) is 4.08. The highest BCUT2D eigenvalue weighted by Crippen LogP contribution is 2.28. The number of amides is 1. The summed E-state index contributed by atoms with van der Waals surface area (Å²) < 4.78 is 0. The largest absolute Gasteiger partial charge is 0.295 e. The van der Waals surface area contributed by atoms with Gasteiger partial charge in [0.05, 0.1) is 0 Å². The average Bonchev–Trinajstić information content (AvgIpc) is 2.56. The van der Waals surface area contributed by atoms with Crippen molar-refractivity contribution in [2.24, 2.45) is 0 Å². The summed E-state index contributed by atoms with van der Waals surface area (Å²) in [5.41, 5.74) is 0.709. The lowest BCUT2D eigenvalue weighted by Crippen LogP contribution is -2.26. The highest BCUT2D eigenvalue weighted by molar-refractivity contribution is 8.14. The molecule has 18 heavy (non-hydrogen) atoms. The van der Waals surface area contributed by atoms with Crippen molar-refractivity contribution in [1.29, 1.82) is 0 Å². The first-order valence-corrected chi connectivity index (χ1v) is 6.70. The van der Waals surface area contributed by atoms with Crippen molar-refractivity contribution in [3.8, 4) is 0 Å². The Labute approximate surface area is 114 Å². The van der Waals surface area contributed by atoms with Crippen molar-refractivity contribution < 1.29 is 9.59 Å². The number of anilines is 1. The van der Waals surface area contributed by atoms with E-state index in [4.69, 9.17) is 11.6 Å². The fourth-order valence-electron chi connectivity index (χ4n) is 1.86. The van der Waals surface area contributed by atoms with Gasteiger partial charge in [0.25, 0.3) is 0 Å². The Balaban J connectivity index is 2.18. The zero-order valence-electron chi connectivity index (χ0n) is 10.0. The van der Waals surface area contributed by atoms with E-state index in [1.165, 1.54) is 18.7 Å². The summed E-state index contributed by atoms with van der Waals surface area (Å²) in [6.07, 6.45) is 0.352. The zero-order chi connectivity index (χ0) is 13.3. The first kappa shape index (κ1) is 13.3. The lowest BCUT2D eigenvalue weighted by molar-refractivity contribution is -0.117. The van der Waals surface area contributed by atoms with Crippen LogP contribution in [0.3, 0.4) is 0 Å². The summed E-state index contributed by atoms with van der Waals surface area (Å²) >= 11 is 6.97. The third-order valence-electron chi connectivity index (χ3n) is 2.51. The van der Waals surface area contributed by atoms with Crippen LogP contribution in [-0.2, 0) is 9.59 Å². The van der Waals surface area contributed by atoms with Crippen LogP contribution in [0.15, 0.2) is 6.07 Å². The lowest BCUT2D eigenvalue weighted by Gasteiger charge is -2.15. The van der Waals surface area contributed by atoms with Crippen molar-refractivity contribution in [2.75, 3.05) is 11.4 Å². The third-order valence-corrected chi connectivity index (χ3v) is 3.66. The van der Waals surface area contributed by atoms with Crippen molar-refractivity contribution >= 4 is 40.2 Å². The number of aryl methyl sites for hydroxylation is 1. The maximum absolute atomic E-state index is 11.9. The van der Waals surface area contributed by atoms with Gasteiger partial charge in [0.15, 0.2) is 5.12 Å². The minimum atomic E-state index is -0.0390. The first-order valence-electron chi connectivity index (χ1n) is 5.44. The second kappa shape index (κ2) is 5.24. The highest BCUT2D eigenvalue weighted by atomic mass is 35.5. The Kier molecular flexibility index (Phi) is 3.87. The number of thioether (sulfide) groups is 1. The molecule has 1 atom stereocenters. The number of aromatic nitrogens is 2. The third kappa shape index (κ3) is 3.00. The fraction of sp³-hybridized carbons (Fsp3) is 0.455. The molecule has 0 bridgehead atoms. The Morgan fingerprint density at radius 2 is 2.28 bits per heavy atom. The Bertz CT molecular complexity index is 489. The SMILES string of the molecule is CC(=O)SC1CC(=O)N(c2cc(C)nc(Cl)n2)C1. The number of carbonyl (C=O) groups is 2. The molecule has 5 nitrogen and oxygen atoms in total. The van der Waals surface area contributed by atoms with Gasteiger partial charge >= 0.3 is 0 Å². The molecule has 0 spiro atoms. The van der Waals surface area contributed by atoms with Crippen LogP contribution in [0, 0.1) is 6.92 Å². The molecule has 1 aromatic rings. The van der Waals surface area contributed by atoms with Gasteiger partial charge in [0, 0.05) is 36.9 Å². The second-order valence-corrected chi connectivity index (χ2v) is 5.89. The average molecular weight is 286 g/mol. The van der Waals surface area contributed by atoms with E-state index in [-0.39, 0.29) is 21.6 Å². The Hall–Kier alpha value is -1.14. The molecule has 1 amide bonds. The summed E-state index contributed by atoms with van der Waals surface area (Å²) in [6, 6.07) is 1.71. The summed E-state index contributed by atoms with van der Waals surface area (Å²) in [4.78, 5) is 32.5. The molecule has 0 N–H and O–H groups in total. The smallest absolute Gasteiger partial charge is 0.229 e. The Morgan fingerprint density at radius 1 is 1.56 bits per heavy atom. The molecule has 96 valence electrons. The van der Waals surface area contributed by atoms with Gasteiger partial charge < -0.3 is 0 Å². The summed E-state index contributed by atoms with van der Waals surface area (Å²) in [5, 5.41) is 0.135. The maximum atomic E-state index is 11.9. The van der Waals surface area contributed by atoms with Crippen molar-refractivity contribution in [3.05, 3.63) is 17.0 Å². The molecule has 0 saturated carbocycles. The van der Waals surface area contributed by atoms with Crippen molar-refractivity contribution in [1.82, 2.24) is 9.97 Å². The molecule has 1 fully saturated rings. The van der Waals surface area contributed by atoms with Gasteiger partial charge in [-0.3, -0.25) is 14.5 Å². The predicted octanol–water partition coefficient (Wildman–Crippen LogP) is 1.82. The van der Waals surface area contributed by atoms with Gasteiger partial charge in [-0.1, -0.05) is 11.8 Å². The molecule has 0 radical (unpaired) electrons. The van der Waals surface area contributed by atoms with Gasteiger partial charge in [-0.2, -0.15) is 0 Å². The molecule has 7 heteroatoms. The van der Waals surface area contributed by atoms with E-state index < -0.39 is 0 Å². The summed E-state index contributed by atoms with van der Waals surface area (Å²) in [7, 11) is 0. The standard InChI is InChI=1S/C11H12ClN3O2S/c1-6-3-9(14-11(12)13-6)15-5-8(4-10(15)17)18-7(2)16/h3,8H,4-5H2,1-2H3. The van der Waals surface area contributed by atoms with Crippen molar-refractivity contribution in [2.45, 2.75) is 25.5 Å². The van der Waals surface area contributed by atoms with Crippen LogP contribution in [0.5, 0.6) is 0 Å². The van der Waals surface area contributed by atoms with E-state index in [1.54, 1.807) is 17.9 Å². The first-order chi connectivity index (χ1) is 8.45. The number of nitrogens with zero attached hydrogens (tertiary/aromatic N) is 3. The molecular weight excluding hydrogens is 274 g/mol. The predicted molar refractivity (Wildman–Crippen MR) is 70.8 cm³/mol. The van der Waals surface area contributed by atoms with Crippen LogP contribution >= 0.6 is 23.4 Å². The van der Waals surface area contributed by atoms with Crippen molar-refractivity contribution in [3.63, 3.8) is 0 Å². The summed E-state index contributed by atoms with van der Waals surface area (Å²) in [5.74, 6) is 0.465. The number of hydrogen-bond acceptors (Lipinski definition) is 5. The van der Waals surface area contributed by atoms with E-state index in [1.807, 2.05) is 0 Å². The van der Waals surface area contributed by atoms with Crippen LogP contribution in [0.2, 0.25) is 5.28 Å². The van der Waals surface area contributed by atoms with Gasteiger partial charge in [-0.05, 0) is 18.5 Å². The highest BCUT2D eigenvalue weighted by Gasteiger charge is 2.32. The van der Waals surface area contributed by atoms with Crippen LogP contribution < -0.4 is 4.90 Å². The molecule has 2 heterocycles. The van der Waals surface area contributed by atoms with E-state index in [0.717, 1.165) is 0 Å². The van der Waals surface area contributed by atoms with E-state index >= 15 is 0 Å². The van der Waals surface area contributed by atoms with Gasteiger partial charge in [0.1, 0.15) is 5.82 Å². The number of hydrogen-bond donors (Lipinski definition) is 0. The van der Waals surface area contributed by atoms with Gasteiger partial charge in [-0.25, -0.2) is 9.97 Å². The molecular formula is C11H12ClN3O2S. The molecule has 0 aliphatic carbocycles. The Morgan fingerprint density at radius 3 is 2.89 bits per heavy atom. The quantitative estimate of drug-likeness (QED) is 0.776. The van der Waals surface area contributed by atoms with Crippen LogP contribution in [0.4, 0.5) is 5.82 Å². The zero-order valence-corrected chi connectivity index (χ0v) is 11.6. The topological polar surface area (TPSA) is 63.2 Å².